The second-order valence-corrected chi connectivity index (χ2v) is 4.05. The first-order chi connectivity index (χ1) is 8.29. The normalized spacial score (nSPS) is 10.5. The van der Waals surface area contributed by atoms with Crippen molar-refractivity contribution in [1.82, 2.24) is 5.32 Å². The van der Waals surface area contributed by atoms with Crippen LogP contribution in [0.15, 0.2) is 18.2 Å². The highest BCUT2D eigenvalue weighted by atomic mass is 16.5. The number of ether oxygens (including phenoxy) is 2. The predicted molar refractivity (Wildman–Crippen MR) is 70.5 cm³/mol. The number of hydrogen-bond donors (Lipinski definition) is 1. The number of hydrogen-bond acceptors (Lipinski definition) is 3. The zero-order valence-electron chi connectivity index (χ0n) is 11.1. The third-order valence-electron chi connectivity index (χ3n) is 2.48. The van der Waals surface area contributed by atoms with E-state index in [9.17, 15) is 0 Å². The summed E-state index contributed by atoms with van der Waals surface area (Å²) in [5, 5.41) is 3.15. The molecular formula is C14H23NO2. The van der Waals surface area contributed by atoms with Crippen LogP contribution < -0.4 is 10.1 Å². The van der Waals surface area contributed by atoms with Crippen molar-refractivity contribution in [1.29, 1.82) is 0 Å². The van der Waals surface area contributed by atoms with E-state index in [0.29, 0.717) is 13.2 Å². The van der Waals surface area contributed by atoms with Gasteiger partial charge in [-0.3, -0.25) is 0 Å². The lowest BCUT2D eigenvalue weighted by Gasteiger charge is -2.14. The first-order valence-corrected chi connectivity index (χ1v) is 6.23. The molecule has 0 spiro atoms. The van der Waals surface area contributed by atoms with Crippen molar-refractivity contribution in [2.24, 2.45) is 0 Å². The smallest absolute Gasteiger partial charge is 0.126 e. The van der Waals surface area contributed by atoms with Crippen LogP contribution in [0.1, 0.15) is 24.5 Å². The molecule has 96 valence electrons. The van der Waals surface area contributed by atoms with Gasteiger partial charge in [-0.1, -0.05) is 25.1 Å². The fraction of sp³-hybridized carbons (Fsp3) is 0.571. The molecular weight excluding hydrogens is 214 g/mol. The van der Waals surface area contributed by atoms with Crippen LogP contribution in [0.4, 0.5) is 0 Å². The second-order valence-electron chi connectivity index (χ2n) is 4.05. The quantitative estimate of drug-likeness (QED) is 0.705. The van der Waals surface area contributed by atoms with Gasteiger partial charge < -0.3 is 14.8 Å². The number of para-hydroxylation sites is 1. The van der Waals surface area contributed by atoms with Crippen molar-refractivity contribution in [2.45, 2.75) is 26.8 Å². The van der Waals surface area contributed by atoms with Gasteiger partial charge in [-0.05, 0) is 26.0 Å². The summed E-state index contributed by atoms with van der Waals surface area (Å²) in [6, 6.07) is 6.22. The van der Waals surface area contributed by atoms with Gasteiger partial charge >= 0.3 is 0 Å². The van der Waals surface area contributed by atoms with Crippen molar-refractivity contribution >= 4 is 0 Å². The second kappa shape index (κ2) is 8.09. The molecule has 0 aromatic heterocycles. The van der Waals surface area contributed by atoms with Crippen molar-refractivity contribution in [3.8, 4) is 5.75 Å². The largest absolute Gasteiger partial charge is 0.491 e. The van der Waals surface area contributed by atoms with Gasteiger partial charge in [0.1, 0.15) is 12.4 Å². The highest BCUT2D eigenvalue weighted by molar-refractivity contribution is 5.40. The van der Waals surface area contributed by atoms with Gasteiger partial charge in [0.05, 0.1) is 6.61 Å². The zero-order valence-corrected chi connectivity index (χ0v) is 11.1. The Kier molecular flexibility index (Phi) is 6.67. The third-order valence-corrected chi connectivity index (χ3v) is 2.48. The molecule has 0 radical (unpaired) electrons. The lowest BCUT2D eigenvalue weighted by atomic mass is 10.1. The first-order valence-electron chi connectivity index (χ1n) is 6.23. The van der Waals surface area contributed by atoms with Crippen molar-refractivity contribution in [3.05, 3.63) is 29.3 Å². The van der Waals surface area contributed by atoms with E-state index in [1.54, 1.807) is 0 Å². The fourth-order valence-electron chi connectivity index (χ4n) is 1.70. The highest BCUT2D eigenvalue weighted by Crippen LogP contribution is 2.23. The van der Waals surface area contributed by atoms with Crippen molar-refractivity contribution in [2.75, 3.05) is 26.9 Å². The summed E-state index contributed by atoms with van der Waals surface area (Å²) < 4.78 is 11.2. The molecule has 0 heterocycles. The number of rotatable bonds is 8. The van der Waals surface area contributed by atoms with Crippen LogP contribution in [0.25, 0.3) is 0 Å². The Labute approximate surface area is 104 Å². The van der Waals surface area contributed by atoms with Gasteiger partial charge in [-0.15, -0.1) is 0 Å². The molecule has 3 heteroatoms. The van der Waals surface area contributed by atoms with Gasteiger partial charge in [0.2, 0.25) is 0 Å². The maximum atomic E-state index is 5.80. The Hall–Kier alpha value is -1.06. The molecule has 0 amide bonds. The third kappa shape index (κ3) is 4.75. The van der Waals surface area contributed by atoms with Gasteiger partial charge in [0.15, 0.2) is 0 Å². The average molecular weight is 237 g/mol. The molecule has 1 aromatic rings. The Morgan fingerprint density at radius 3 is 2.71 bits per heavy atom. The molecule has 0 unspecified atom stereocenters. The van der Waals surface area contributed by atoms with E-state index in [-0.39, 0.29) is 0 Å². The Balaban J connectivity index is 2.50. The van der Waals surface area contributed by atoms with E-state index in [2.05, 4.69) is 37.4 Å². The van der Waals surface area contributed by atoms with Crippen molar-refractivity contribution < 1.29 is 9.47 Å². The number of nitrogens with one attached hydrogen (secondary N) is 1. The molecule has 0 saturated carbocycles. The lowest BCUT2D eigenvalue weighted by molar-refractivity contribution is 0.1000. The fourth-order valence-corrected chi connectivity index (χ4v) is 1.70. The van der Waals surface area contributed by atoms with Crippen LogP contribution in [0.3, 0.4) is 0 Å². The molecule has 17 heavy (non-hydrogen) atoms. The van der Waals surface area contributed by atoms with Crippen LogP contribution in [0, 0.1) is 6.92 Å². The Morgan fingerprint density at radius 1 is 1.18 bits per heavy atom. The summed E-state index contributed by atoms with van der Waals surface area (Å²) in [6.07, 6.45) is 1.05. The van der Waals surface area contributed by atoms with E-state index < -0.39 is 0 Å². The molecule has 0 aliphatic heterocycles. The summed E-state index contributed by atoms with van der Waals surface area (Å²) in [5.74, 6) is 0.988. The maximum absolute atomic E-state index is 5.80. The molecule has 0 bridgehead atoms. The molecule has 0 aliphatic carbocycles. The predicted octanol–water partition coefficient (Wildman–Crippen LogP) is 2.52. The van der Waals surface area contributed by atoms with E-state index in [1.807, 2.05) is 7.05 Å². The molecule has 0 aliphatic rings. The van der Waals surface area contributed by atoms with E-state index in [0.717, 1.165) is 25.3 Å². The minimum Gasteiger partial charge on any atom is -0.491 e. The summed E-state index contributed by atoms with van der Waals surface area (Å²) in [4.78, 5) is 0. The standard InChI is InChI=1S/C14H23NO2/c1-4-8-16-9-10-17-14-12(2)6-5-7-13(14)11-15-3/h5-7,15H,4,8-11H2,1-3H3. The van der Waals surface area contributed by atoms with E-state index in [1.165, 1.54) is 11.1 Å². The average Bonchev–Trinajstić information content (AvgIpc) is 2.32. The SMILES string of the molecule is CCCOCCOc1c(C)cccc1CNC. The number of benzene rings is 1. The van der Waals surface area contributed by atoms with Gasteiger partial charge in [0.25, 0.3) is 0 Å². The molecule has 0 atom stereocenters. The molecule has 0 saturated heterocycles. The van der Waals surface area contributed by atoms with Crippen LogP contribution in [-0.2, 0) is 11.3 Å². The summed E-state index contributed by atoms with van der Waals surface area (Å²) in [5.41, 5.74) is 2.37. The minimum absolute atomic E-state index is 0.613. The Morgan fingerprint density at radius 2 is 2.00 bits per heavy atom. The molecule has 1 N–H and O–H groups in total. The summed E-state index contributed by atoms with van der Waals surface area (Å²) >= 11 is 0. The maximum Gasteiger partial charge on any atom is 0.126 e. The lowest BCUT2D eigenvalue weighted by Crippen LogP contribution is -2.12. The van der Waals surface area contributed by atoms with Crippen LogP contribution >= 0.6 is 0 Å². The van der Waals surface area contributed by atoms with E-state index >= 15 is 0 Å². The minimum atomic E-state index is 0.613. The van der Waals surface area contributed by atoms with Crippen LogP contribution in [0.2, 0.25) is 0 Å². The van der Waals surface area contributed by atoms with Crippen molar-refractivity contribution in [3.63, 3.8) is 0 Å². The molecule has 0 fully saturated rings. The highest BCUT2D eigenvalue weighted by Gasteiger charge is 2.05. The zero-order chi connectivity index (χ0) is 12.5. The molecule has 1 rings (SSSR count). The van der Waals surface area contributed by atoms with Crippen LogP contribution in [-0.4, -0.2) is 26.9 Å². The van der Waals surface area contributed by atoms with E-state index in [4.69, 9.17) is 9.47 Å². The summed E-state index contributed by atoms with van der Waals surface area (Å²) in [7, 11) is 1.94. The van der Waals surface area contributed by atoms with Gasteiger partial charge in [-0.2, -0.15) is 0 Å². The monoisotopic (exact) mass is 237 g/mol. The van der Waals surface area contributed by atoms with Gasteiger partial charge in [0, 0.05) is 18.7 Å². The summed E-state index contributed by atoms with van der Waals surface area (Å²) in [6.45, 7) is 7.07. The Bertz CT molecular complexity index is 326. The number of aryl methyl sites for hydroxylation is 1. The molecule has 3 nitrogen and oxygen atoms in total. The van der Waals surface area contributed by atoms with Gasteiger partial charge in [-0.25, -0.2) is 0 Å². The topological polar surface area (TPSA) is 30.5 Å². The first kappa shape index (κ1) is 14.0. The molecule has 1 aromatic carbocycles. The van der Waals surface area contributed by atoms with Crippen LogP contribution in [0.5, 0.6) is 5.75 Å².